The van der Waals surface area contributed by atoms with Gasteiger partial charge in [0.05, 0.1) is 0 Å². The lowest BCUT2D eigenvalue weighted by Crippen LogP contribution is -2.37. The van der Waals surface area contributed by atoms with E-state index in [0.717, 1.165) is 23.1 Å². The van der Waals surface area contributed by atoms with Crippen LogP contribution >= 0.6 is 27.7 Å². The number of hydrogen-bond donors (Lipinski definition) is 2. The first-order valence-electron chi connectivity index (χ1n) is 6.50. The van der Waals surface area contributed by atoms with Gasteiger partial charge in [0.2, 0.25) is 0 Å². The Morgan fingerprint density at radius 3 is 2.95 bits per heavy atom. The largest absolute Gasteiger partial charge is 0.273 e. The summed E-state index contributed by atoms with van der Waals surface area (Å²) in [7, 11) is 1.97. The Morgan fingerprint density at radius 1 is 1.45 bits per heavy atom. The summed E-state index contributed by atoms with van der Waals surface area (Å²) in [5.41, 5.74) is 4.14. The normalized spacial score (nSPS) is 12.6. The average molecular weight is 355 g/mol. The molecule has 0 radical (unpaired) electrons. The van der Waals surface area contributed by atoms with Gasteiger partial charge in [-0.05, 0) is 37.1 Å². The van der Waals surface area contributed by atoms with Gasteiger partial charge in [0.15, 0.2) is 0 Å². The van der Waals surface area contributed by atoms with Gasteiger partial charge in [-0.3, -0.25) is 16.0 Å². The molecule has 2 aromatic rings. The molecule has 1 heterocycles. The smallest absolute Gasteiger partial charge is 0.0492 e. The van der Waals surface area contributed by atoms with Crippen LogP contribution in [0.25, 0.3) is 0 Å². The van der Waals surface area contributed by atoms with Crippen LogP contribution in [0.5, 0.6) is 0 Å². The zero-order chi connectivity index (χ0) is 14.4. The van der Waals surface area contributed by atoms with Crippen LogP contribution < -0.4 is 11.3 Å². The molecule has 1 aromatic carbocycles. The van der Waals surface area contributed by atoms with Crippen LogP contribution in [0.3, 0.4) is 0 Å². The fourth-order valence-corrected chi connectivity index (χ4v) is 3.53. The average Bonchev–Trinajstić information content (AvgIpc) is 2.85. The van der Waals surface area contributed by atoms with E-state index in [1.165, 1.54) is 10.6 Å². The molecule has 0 bridgehead atoms. The molecule has 1 aromatic heterocycles. The van der Waals surface area contributed by atoms with E-state index in [2.05, 4.69) is 44.7 Å². The summed E-state index contributed by atoms with van der Waals surface area (Å²) in [4.78, 5) is 1.25. The third-order valence-corrected chi connectivity index (χ3v) is 4.80. The molecule has 0 saturated carbocycles. The van der Waals surface area contributed by atoms with Crippen LogP contribution in [0.2, 0.25) is 0 Å². The van der Waals surface area contributed by atoms with Crippen LogP contribution in [-0.2, 0) is 13.5 Å². The van der Waals surface area contributed by atoms with Crippen molar-refractivity contribution in [2.45, 2.75) is 23.8 Å². The van der Waals surface area contributed by atoms with Gasteiger partial charge in [-0.25, -0.2) is 0 Å². The fraction of sp³-hybridized carbons (Fsp3) is 0.357. The highest BCUT2D eigenvalue weighted by Crippen LogP contribution is 2.23. The van der Waals surface area contributed by atoms with Crippen molar-refractivity contribution in [1.82, 2.24) is 15.2 Å². The lowest BCUT2D eigenvalue weighted by molar-refractivity contribution is 0.528. The van der Waals surface area contributed by atoms with E-state index >= 15 is 0 Å². The SMILES string of the molecule is Cn1nccc1CCC(CSc1cccc(Br)c1)NN. The van der Waals surface area contributed by atoms with Crippen LogP contribution in [0.4, 0.5) is 0 Å². The van der Waals surface area contributed by atoms with Gasteiger partial charge < -0.3 is 0 Å². The van der Waals surface area contributed by atoms with Crippen molar-refractivity contribution >= 4 is 27.7 Å². The van der Waals surface area contributed by atoms with Gasteiger partial charge in [0.25, 0.3) is 0 Å². The van der Waals surface area contributed by atoms with Crippen LogP contribution in [-0.4, -0.2) is 21.6 Å². The van der Waals surface area contributed by atoms with Crippen molar-refractivity contribution in [1.29, 1.82) is 0 Å². The predicted octanol–water partition coefficient (Wildman–Crippen LogP) is 2.74. The molecular weight excluding hydrogens is 336 g/mol. The van der Waals surface area contributed by atoms with Crippen molar-refractivity contribution in [3.8, 4) is 0 Å². The second kappa shape index (κ2) is 7.83. The monoisotopic (exact) mass is 354 g/mol. The van der Waals surface area contributed by atoms with Crippen molar-refractivity contribution in [2.24, 2.45) is 12.9 Å². The standard InChI is InChI=1S/C14H19BrN4S/c1-19-13(7-8-17-19)6-5-12(18-16)10-20-14-4-2-3-11(15)9-14/h2-4,7-9,12,18H,5-6,10,16H2,1H3. The second-order valence-corrected chi connectivity index (χ2v) is 6.63. The Hall–Kier alpha value is -0.820. The second-order valence-electron chi connectivity index (χ2n) is 4.62. The number of hydrogen-bond acceptors (Lipinski definition) is 4. The molecule has 0 fully saturated rings. The number of nitrogens with two attached hydrogens (primary N) is 1. The Kier molecular flexibility index (Phi) is 6.09. The van der Waals surface area contributed by atoms with Crippen molar-refractivity contribution in [3.05, 3.63) is 46.7 Å². The minimum atomic E-state index is 0.286. The Morgan fingerprint density at radius 2 is 2.30 bits per heavy atom. The van der Waals surface area contributed by atoms with Crippen LogP contribution in [0.1, 0.15) is 12.1 Å². The Bertz CT molecular complexity index is 543. The highest BCUT2D eigenvalue weighted by molar-refractivity contribution is 9.10. The molecule has 20 heavy (non-hydrogen) atoms. The number of halogens is 1. The van der Waals surface area contributed by atoms with E-state index < -0.39 is 0 Å². The molecular formula is C14H19BrN4S. The van der Waals surface area contributed by atoms with E-state index in [1.54, 1.807) is 0 Å². The molecule has 4 nitrogen and oxygen atoms in total. The zero-order valence-electron chi connectivity index (χ0n) is 11.4. The van der Waals surface area contributed by atoms with Crippen molar-refractivity contribution in [3.63, 3.8) is 0 Å². The molecule has 0 saturated heterocycles. The first-order chi connectivity index (χ1) is 9.69. The maximum atomic E-state index is 5.65. The minimum Gasteiger partial charge on any atom is -0.273 e. The first kappa shape index (κ1) is 15.6. The summed E-state index contributed by atoms with van der Waals surface area (Å²) in [6.07, 6.45) is 3.80. The van der Waals surface area contributed by atoms with Gasteiger partial charge in [-0.2, -0.15) is 5.10 Å². The summed E-state index contributed by atoms with van der Waals surface area (Å²) >= 11 is 5.30. The number of rotatable bonds is 7. The molecule has 0 aliphatic heterocycles. The van der Waals surface area contributed by atoms with Crippen LogP contribution in [0, 0.1) is 0 Å². The Labute approximate surface area is 132 Å². The summed E-state index contributed by atoms with van der Waals surface area (Å²) in [5, 5.41) is 4.18. The number of thioether (sulfide) groups is 1. The number of hydrazine groups is 1. The molecule has 0 amide bonds. The maximum Gasteiger partial charge on any atom is 0.0492 e. The minimum absolute atomic E-state index is 0.286. The number of nitrogens with zero attached hydrogens (tertiary/aromatic N) is 2. The van der Waals surface area contributed by atoms with E-state index in [-0.39, 0.29) is 6.04 Å². The molecule has 2 rings (SSSR count). The third kappa shape index (κ3) is 4.63. The first-order valence-corrected chi connectivity index (χ1v) is 8.28. The van der Waals surface area contributed by atoms with Gasteiger partial charge in [-0.15, -0.1) is 11.8 Å². The van der Waals surface area contributed by atoms with Gasteiger partial charge in [-0.1, -0.05) is 22.0 Å². The van der Waals surface area contributed by atoms with E-state index in [0.29, 0.717) is 0 Å². The van der Waals surface area contributed by atoms with E-state index in [9.17, 15) is 0 Å². The predicted molar refractivity (Wildman–Crippen MR) is 87.5 cm³/mol. The summed E-state index contributed by atoms with van der Waals surface area (Å²) < 4.78 is 3.02. The molecule has 0 spiro atoms. The lowest BCUT2D eigenvalue weighted by Gasteiger charge is -2.15. The zero-order valence-corrected chi connectivity index (χ0v) is 13.8. The molecule has 108 valence electrons. The summed E-state index contributed by atoms with van der Waals surface area (Å²) in [6.45, 7) is 0. The topological polar surface area (TPSA) is 55.9 Å². The van der Waals surface area contributed by atoms with E-state index in [1.807, 2.05) is 41.8 Å². The lowest BCUT2D eigenvalue weighted by atomic mass is 10.1. The highest BCUT2D eigenvalue weighted by atomic mass is 79.9. The molecule has 3 N–H and O–H groups in total. The molecule has 1 unspecified atom stereocenters. The van der Waals surface area contributed by atoms with Gasteiger partial charge >= 0.3 is 0 Å². The molecule has 1 atom stereocenters. The number of nitrogens with one attached hydrogen (secondary N) is 1. The highest BCUT2D eigenvalue weighted by Gasteiger charge is 2.09. The maximum absolute atomic E-state index is 5.65. The number of aryl methyl sites for hydroxylation is 2. The Balaban J connectivity index is 1.82. The summed E-state index contributed by atoms with van der Waals surface area (Å²) in [5.74, 6) is 6.60. The van der Waals surface area contributed by atoms with Crippen molar-refractivity contribution < 1.29 is 0 Å². The number of aromatic nitrogens is 2. The molecule has 0 aliphatic carbocycles. The quantitative estimate of drug-likeness (QED) is 0.456. The third-order valence-electron chi connectivity index (χ3n) is 3.15. The van der Waals surface area contributed by atoms with Gasteiger partial charge in [0.1, 0.15) is 0 Å². The fourth-order valence-electron chi connectivity index (χ4n) is 1.94. The van der Waals surface area contributed by atoms with Crippen molar-refractivity contribution in [2.75, 3.05) is 5.75 Å². The van der Waals surface area contributed by atoms with Gasteiger partial charge in [0, 0.05) is 40.1 Å². The van der Waals surface area contributed by atoms with Crippen LogP contribution in [0.15, 0.2) is 45.9 Å². The molecule has 6 heteroatoms. The summed E-state index contributed by atoms with van der Waals surface area (Å²) in [6, 6.07) is 10.7. The van der Waals surface area contributed by atoms with E-state index in [4.69, 9.17) is 5.84 Å². The number of benzene rings is 1. The molecule has 0 aliphatic rings.